The van der Waals surface area contributed by atoms with Crippen molar-refractivity contribution in [2.75, 3.05) is 34.3 Å². The fraction of sp³-hybridized carbons (Fsp3) is 0.500. The molecule has 9 heteroatoms. The zero-order valence-corrected chi connectivity index (χ0v) is 18.2. The van der Waals surface area contributed by atoms with Crippen molar-refractivity contribution in [1.82, 2.24) is 24.7 Å². The number of amides is 3. The number of hydrogen-bond donors (Lipinski definition) is 1. The van der Waals surface area contributed by atoms with E-state index >= 15 is 0 Å². The molecule has 0 aliphatic carbocycles. The molecule has 31 heavy (non-hydrogen) atoms. The van der Waals surface area contributed by atoms with Gasteiger partial charge in [0.1, 0.15) is 17.2 Å². The zero-order valence-electron chi connectivity index (χ0n) is 18.2. The van der Waals surface area contributed by atoms with E-state index < -0.39 is 11.7 Å². The molecule has 1 atom stereocenters. The van der Waals surface area contributed by atoms with Crippen LogP contribution in [0.4, 0.5) is 4.79 Å². The number of hydrogen-bond acceptors (Lipinski definition) is 5. The average Bonchev–Trinajstić information content (AvgIpc) is 3.27. The lowest BCUT2D eigenvalue weighted by Gasteiger charge is -2.45. The number of ether oxygens (including phenoxy) is 2. The second-order valence-electron chi connectivity index (χ2n) is 8.23. The largest absolute Gasteiger partial charge is 0.497 e. The van der Waals surface area contributed by atoms with Gasteiger partial charge in [0.05, 0.1) is 13.7 Å². The van der Waals surface area contributed by atoms with E-state index in [2.05, 4.69) is 10.3 Å². The summed E-state index contributed by atoms with van der Waals surface area (Å²) in [5, 5.41) is 2.98. The number of imidazole rings is 1. The Hall–Kier alpha value is -3.07. The Morgan fingerprint density at radius 1 is 1.26 bits per heavy atom. The van der Waals surface area contributed by atoms with Crippen LogP contribution < -0.4 is 10.1 Å². The molecule has 3 amide bonds. The van der Waals surface area contributed by atoms with Gasteiger partial charge in [-0.2, -0.15) is 0 Å². The summed E-state index contributed by atoms with van der Waals surface area (Å²) in [4.78, 5) is 33.2. The first-order chi connectivity index (χ1) is 14.9. The maximum Gasteiger partial charge on any atom is 0.319 e. The average molecular weight is 428 g/mol. The standard InChI is InChI=1S/C22H29N5O4/c1-25(2)21(29)26-11-8-22(9-12-26)20-23-10-13-27(20)15-18(31-22)19(28)24-14-16-4-6-17(30-3)7-5-16/h4-7,10,13,18H,8-9,11-12,14-15H2,1-3H3,(H,24,28)/t18-/m0/s1. The van der Waals surface area contributed by atoms with Gasteiger partial charge in [0.25, 0.3) is 5.91 Å². The van der Waals surface area contributed by atoms with Crippen LogP contribution in [0, 0.1) is 0 Å². The smallest absolute Gasteiger partial charge is 0.319 e. The van der Waals surface area contributed by atoms with E-state index in [1.165, 1.54) is 0 Å². The number of carbonyl (C=O) groups excluding carboxylic acids is 2. The Morgan fingerprint density at radius 2 is 1.97 bits per heavy atom. The number of benzene rings is 1. The van der Waals surface area contributed by atoms with E-state index in [0.29, 0.717) is 39.0 Å². The van der Waals surface area contributed by atoms with Gasteiger partial charge in [0.15, 0.2) is 6.10 Å². The number of rotatable bonds is 4. The molecule has 2 aliphatic heterocycles. The van der Waals surface area contributed by atoms with E-state index in [-0.39, 0.29) is 11.9 Å². The Kier molecular flexibility index (Phi) is 5.86. The molecule has 1 fully saturated rings. The van der Waals surface area contributed by atoms with Gasteiger partial charge in [0, 0.05) is 59.0 Å². The minimum Gasteiger partial charge on any atom is -0.497 e. The number of nitrogens with one attached hydrogen (secondary N) is 1. The molecule has 0 bridgehead atoms. The summed E-state index contributed by atoms with van der Waals surface area (Å²) in [5.74, 6) is 1.46. The van der Waals surface area contributed by atoms with Gasteiger partial charge in [-0.15, -0.1) is 0 Å². The van der Waals surface area contributed by atoms with Gasteiger partial charge >= 0.3 is 6.03 Å². The van der Waals surface area contributed by atoms with Crippen molar-refractivity contribution in [3.8, 4) is 5.75 Å². The van der Waals surface area contributed by atoms with E-state index in [1.54, 1.807) is 32.3 Å². The lowest BCUT2D eigenvalue weighted by atomic mass is 9.88. The molecule has 1 saturated heterocycles. The molecular formula is C22H29N5O4. The third-order valence-corrected chi connectivity index (χ3v) is 6.00. The number of aromatic nitrogens is 2. The number of piperidine rings is 1. The van der Waals surface area contributed by atoms with Crippen LogP contribution in [-0.4, -0.2) is 71.7 Å². The third kappa shape index (κ3) is 4.23. The van der Waals surface area contributed by atoms with E-state index in [0.717, 1.165) is 17.1 Å². The van der Waals surface area contributed by atoms with Crippen molar-refractivity contribution in [1.29, 1.82) is 0 Å². The third-order valence-electron chi connectivity index (χ3n) is 6.00. The summed E-state index contributed by atoms with van der Waals surface area (Å²) in [6.45, 7) is 1.96. The Bertz CT molecular complexity index is 932. The molecule has 2 aromatic rings. The fourth-order valence-corrected chi connectivity index (χ4v) is 4.26. The SMILES string of the molecule is COc1ccc(CNC(=O)[C@@H]2Cn3ccnc3C3(CCN(C(=O)N(C)C)CC3)O2)cc1. The maximum atomic E-state index is 12.9. The van der Waals surface area contributed by atoms with Crippen LogP contribution in [0.25, 0.3) is 0 Å². The van der Waals surface area contributed by atoms with E-state index in [4.69, 9.17) is 9.47 Å². The van der Waals surface area contributed by atoms with Crippen LogP contribution in [-0.2, 0) is 28.2 Å². The summed E-state index contributed by atoms with van der Waals surface area (Å²) >= 11 is 0. The highest BCUT2D eigenvalue weighted by Crippen LogP contribution is 2.40. The number of fused-ring (bicyclic) bond motifs is 2. The number of nitrogens with zero attached hydrogens (tertiary/aromatic N) is 4. The van der Waals surface area contributed by atoms with Crippen molar-refractivity contribution in [2.24, 2.45) is 0 Å². The van der Waals surface area contributed by atoms with Gasteiger partial charge < -0.3 is 29.2 Å². The van der Waals surface area contributed by atoms with Crippen molar-refractivity contribution >= 4 is 11.9 Å². The second kappa shape index (κ2) is 8.58. The molecule has 3 heterocycles. The first-order valence-corrected chi connectivity index (χ1v) is 10.5. The Balaban J connectivity index is 1.43. The van der Waals surface area contributed by atoms with Crippen LogP contribution in [0.5, 0.6) is 5.75 Å². The van der Waals surface area contributed by atoms with E-state index in [9.17, 15) is 9.59 Å². The molecule has 1 N–H and O–H groups in total. The molecule has 1 spiro atoms. The minimum absolute atomic E-state index is 0.0113. The molecule has 4 rings (SSSR count). The van der Waals surface area contributed by atoms with Crippen molar-refractivity contribution in [2.45, 2.75) is 37.6 Å². The highest BCUT2D eigenvalue weighted by Gasteiger charge is 2.47. The molecule has 1 aromatic carbocycles. The van der Waals surface area contributed by atoms with Gasteiger partial charge in [-0.25, -0.2) is 9.78 Å². The molecule has 166 valence electrons. The van der Waals surface area contributed by atoms with Crippen molar-refractivity contribution in [3.05, 3.63) is 48.0 Å². The summed E-state index contributed by atoms with van der Waals surface area (Å²) in [5.41, 5.74) is 0.325. The first kappa shape index (κ1) is 21.2. The minimum atomic E-state index is -0.660. The molecule has 0 saturated carbocycles. The summed E-state index contributed by atoms with van der Waals surface area (Å²) in [6, 6.07) is 7.58. The quantitative estimate of drug-likeness (QED) is 0.800. The number of urea groups is 1. The predicted octanol–water partition coefficient (Wildman–Crippen LogP) is 1.58. The van der Waals surface area contributed by atoms with Gasteiger partial charge in [-0.3, -0.25) is 4.79 Å². The Labute approximate surface area is 181 Å². The zero-order chi connectivity index (χ0) is 22.0. The van der Waals surface area contributed by atoms with Crippen molar-refractivity contribution < 1.29 is 19.1 Å². The molecule has 1 aromatic heterocycles. The topological polar surface area (TPSA) is 88.9 Å². The van der Waals surface area contributed by atoms with Gasteiger partial charge in [-0.1, -0.05) is 12.1 Å². The normalized spacial score (nSPS) is 19.6. The summed E-state index contributed by atoms with van der Waals surface area (Å²) in [6.07, 6.45) is 4.23. The molecular weight excluding hydrogens is 398 g/mol. The van der Waals surface area contributed by atoms with E-state index in [1.807, 2.05) is 39.9 Å². The maximum absolute atomic E-state index is 12.9. The van der Waals surface area contributed by atoms with Crippen LogP contribution in [0.2, 0.25) is 0 Å². The fourth-order valence-electron chi connectivity index (χ4n) is 4.26. The number of methoxy groups -OCH3 is 1. The van der Waals surface area contributed by atoms with Crippen LogP contribution in [0.15, 0.2) is 36.7 Å². The van der Waals surface area contributed by atoms with Gasteiger partial charge in [0.2, 0.25) is 0 Å². The summed E-state index contributed by atoms with van der Waals surface area (Å²) < 4.78 is 13.6. The molecule has 9 nitrogen and oxygen atoms in total. The summed E-state index contributed by atoms with van der Waals surface area (Å²) in [7, 11) is 5.12. The first-order valence-electron chi connectivity index (χ1n) is 10.5. The molecule has 0 unspecified atom stereocenters. The number of likely N-dealkylation sites (tertiary alicyclic amines) is 1. The lowest BCUT2D eigenvalue weighted by Crippen LogP contribution is -2.55. The number of carbonyl (C=O) groups is 2. The predicted molar refractivity (Wildman–Crippen MR) is 114 cm³/mol. The lowest BCUT2D eigenvalue weighted by molar-refractivity contribution is -0.172. The monoisotopic (exact) mass is 427 g/mol. The van der Waals surface area contributed by atoms with Crippen LogP contribution >= 0.6 is 0 Å². The van der Waals surface area contributed by atoms with Crippen LogP contribution in [0.1, 0.15) is 24.2 Å². The molecule has 2 aliphatic rings. The molecule has 0 radical (unpaired) electrons. The van der Waals surface area contributed by atoms with Gasteiger partial charge in [-0.05, 0) is 17.7 Å². The highest BCUT2D eigenvalue weighted by molar-refractivity contribution is 5.81. The highest BCUT2D eigenvalue weighted by atomic mass is 16.5. The van der Waals surface area contributed by atoms with Crippen LogP contribution in [0.3, 0.4) is 0 Å². The second-order valence-corrected chi connectivity index (χ2v) is 8.23. The Morgan fingerprint density at radius 3 is 2.61 bits per heavy atom. The van der Waals surface area contributed by atoms with Crippen molar-refractivity contribution in [3.63, 3.8) is 0 Å².